The first-order valence-corrected chi connectivity index (χ1v) is 13.8. The minimum Gasteiger partial charge on any atom is -0.489 e. The Morgan fingerprint density at radius 2 is 1.97 bits per heavy atom. The Bertz CT molecular complexity index is 1220. The van der Waals surface area contributed by atoms with Crippen molar-refractivity contribution >= 4 is 21.4 Å². The summed E-state index contributed by atoms with van der Waals surface area (Å²) >= 11 is 0. The number of β-amino-alcohol motifs (C(OH)–C–C–N with tert-alkyl or cyclic N) is 1. The molecule has 9 nitrogen and oxygen atoms in total. The molecule has 0 amide bonds. The maximum atomic E-state index is 11.7. The molecule has 2 fully saturated rings. The predicted octanol–water partition coefficient (Wildman–Crippen LogP) is 2.09. The molecule has 5 rings (SSSR count). The van der Waals surface area contributed by atoms with E-state index >= 15 is 0 Å². The molecule has 0 saturated carbocycles. The third-order valence-corrected chi connectivity index (χ3v) is 8.43. The minimum atomic E-state index is -3.37. The van der Waals surface area contributed by atoms with Gasteiger partial charge in [0.1, 0.15) is 18.2 Å². The van der Waals surface area contributed by atoms with E-state index in [0.29, 0.717) is 44.4 Å². The fraction of sp³-hybridized carbons (Fsp3) is 0.520. The normalized spacial score (nSPS) is 21.1. The van der Waals surface area contributed by atoms with Gasteiger partial charge >= 0.3 is 0 Å². The van der Waals surface area contributed by atoms with E-state index in [1.807, 2.05) is 19.1 Å². The average Bonchev–Trinajstić information content (AvgIpc) is 3.22. The van der Waals surface area contributed by atoms with Crippen LogP contribution >= 0.6 is 0 Å². The maximum Gasteiger partial charge on any atom is 0.194 e. The van der Waals surface area contributed by atoms with Gasteiger partial charge in [0.05, 0.1) is 30.7 Å². The Balaban J connectivity index is 1.20. The third-order valence-electron chi connectivity index (χ3n) is 7.46. The van der Waals surface area contributed by atoms with Gasteiger partial charge in [-0.15, -0.1) is 0 Å². The van der Waals surface area contributed by atoms with Crippen LogP contribution in [0, 0.1) is 6.92 Å². The van der Waals surface area contributed by atoms with Crippen molar-refractivity contribution in [3.8, 4) is 0 Å². The molecule has 3 aliphatic rings. The van der Waals surface area contributed by atoms with Gasteiger partial charge in [-0.05, 0) is 30.9 Å². The summed E-state index contributed by atoms with van der Waals surface area (Å²) in [5.74, 6) is 1.36. The standard InChI is InChI=1S/C25H32N4O5S/c1-17-19(4-5-20-18(2)33-15-21(17)20)22(30)14-28-8-6-25(7-9-28)16-29(10-11-34-25)23-12-27-24(13-26-23)35(3,31)32/h4-5,12-13,22,30H,2,6-11,14-16H2,1,3H3/t22-/m0/s1. The number of nitrogens with zero attached hydrogens (tertiary/aromatic N) is 4. The summed E-state index contributed by atoms with van der Waals surface area (Å²) in [6.07, 6.45) is 5.10. The number of ether oxygens (including phenoxy) is 2. The van der Waals surface area contributed by atoms with Gasteiger partial charge in [-0.3, -0.25) is 0 Å². The van der Waals surface area contributed by atoms with Crippen LogP contribution in [0.2, 0.25) is 0 Å². The molecular weight excluding hydrogens is 468 g/mol. The number of hydrogen-bond donors (Lipinski definition) is 1. The highest BCUT2D eigenvalue weighted by atomic mass is 32.2. The van der Waals surface area contributed by atoms with Crippen LogP contribution in [0.4, 0.5) is 5.82 Å². The molecule has 10 heteroatoms. The summed E-state index contributed by atoms with van der Waals surface area (Å²) in [6.45, 7) is 10.7. The number of rotatable bonds is 5. The molecule has 1 spiro atoms. The highest BCUT2D eigenvalue weighted by molar-refractivity contribution is 7.90. The van der Waals surface area contributed by atoms with Crippen molar-refractivity contribution < 1.29 is 23.0 Å². The first-order valence-electron chi connectivity index (χ1n) is 11.9. The first kappa shape index (κ1) is 24.2. The number of aliphatic hydroxyl groups excluding tert-OH is 1. The lowest BCUT2D eigenvalue weighted by molar-refractivity contribution is -0.0944. The summed E-state index contributed by atoms with van der Waals surface area (Å²) in [7, 11) is -3.37. The van der Waals surface area contributed by atoms with E-state index in [4.69, 9.17) is 9.47 Å². The summed E-state index contributed by atoms with van der Waals surface area (Å²) in [5.41, 5.74) is 3.90. The molecule has 0 aliphatic carbocycles. The monoisotopic (exact) mass is 500 g/mol. The number of likely N-dealkylation sites (tertiary alicyclic amines) is 1. The zero-order valence-corrected chi connectivity index (χ0v) is 21.1. The number of aromatic nitrogens is 2. The molecule has 1 atom stereocenters. The number of hydrogen-bond acceptors (Lipinski definition) is 9. The van der Waals surface area contributed by atoms with Crippen molar-refractivity contribution in [2.24, 2.45) is 0 Å². The lowest BCUT2D eigenvalue weighted by atomic mass is 9.88. The maximum absolute atomic E-state index is 11.7. The number of fused-ring (bicyclic) bond motifs is 1. The van der Waals surface area contributed by atoms with E-state index in [9.17, 15) is 13.5 Å². The molecular formula is C25H32N4O5S. The van der Waals surface area contributed by atoms with Gasteiger partial charge in [0.2, 0.25) is 0 Å². The zero-order chi connectivity index (χ0) is 24.8. The van der Waals surface area contributed by atoms with Crippen LogP contribution in [-0.4, -0.2) is 79.6 Å². The number of benzene rings is 1. The molecule has 2 saturated heterocycles. The minimum absolute atomic E-state index is 0.0212. The van der Waals surface area contributed by atoms with Crippen LogP contribution in [0.3, 0.4) is 0 Å². The van der Waals surface area contributed by atoms with Crippen LogP contribution < -0.4 is 4.90 Å². The Morgan fingerprint density at radius 1 is 1.20 bits per heavy atom. The molecule has 1 N–H and O–H groups in total. The van der Waals surface area contributed by atoms with E-state index in [1.54, 1.807) is 0 Å². The molecule has 1 aromatic heterocycles. The average molecular weight is 501 g/mol. The van der Waals surface area contributed by atoms with Crippen LogP contribution in [-0.2, 0) is 25.9 Å². The second-order valence-electron chi connectivity index (χ2n) is 9.77. The van der Waals surface area contributed by atoms with Crippen molar-refractivity contribution in [3.05, 3.63) is 53.4 Å². The van der Waals surface area contributed by atoms with Crippen LogP contribution in [0.15, 0.2) is 36.1 Å². The molecule has 3 aliphatic heterocycles. The first-order chi connectivity index (χ1) is 16.7. The van der Waals surface area contributed by atoms with E-state index in [0.717, 1.165) is 54.4 Å². The number of piperidine rings is 1. The number of aliphatic hydroxyl groups is 1. The third kappa shape index (κ3) is 4.80. The highest BCUT2D eigenvalue weighted by Gasteiger charge is 2.40. The Labute approximate surface area is 206 Å². The lowest BCUT2D eigenvalue weighted by Crippen LogP contribution is -2.57. The van der Waals surface area contributed by atoms with Crippen molar-refractivity contribution in [1.29, 1.82) is 0 Å². The number of anilines is 1. The molecule has 4 heterocycles. The van der Waals surface area contributed by atoms with Crippen LogP contribution in [0.5, 0.6) is 0 Å². The molecule has 1 aromatic carbocycles. The van der Waals surface area contributed by atoms with Crippen molar-refractivity contribution in [3.63, 3.8) is 0 Å². The van der Waals surface area contributed by atoms with Crippen molar-refractivity contribution in [2.45, 2.75) is 43.1 Å². The molecule has 0 unspecified atom stereocenters. The van der Waals surface area contributed by atoms with Crippen molar-refractivity contribution in [2.75, 3.05) is 50.5 Å². The second kappa shape index (κ2) is 9.16. The highest BCUT2D eigenvalue weighted by Crippen LogP contribution is 2.36. The van der Waals surface area contributed by atoms with E-state index < -0.39 is 15.9 Å². The summed E-state index contributed by atoms with van der Waals surface area (Å²) < 4.78 is 35.2. The van der Waals surface area contributed by atoms with Gasteiger partial charge in [-0.2, -0.15) is 0 Å². The fourth-order valence-corrected chi connectivity index (χ4v) is 5.80. The van der Waals surface area contributed by atoms with Gasteiger partial charge < -0.3 is 24.4 Å². The number of morpholine rings is 1. The van der Waals surface area contributed by atoms with Gasteiger partial charge in [0.25, 0.3) is 0 Å². The Morgan fingerprint density at radius 3 is 2.66 bits per heavy atom. The summed E-state index contributed by atoms with van der Waals surface area (Å²) in [4.78, 5) is 12.8. The van der Waals surface area contributed by atoms with E-state index in [1.165, 1.54) is 12.4 Å². The van der Waals surface area contributed by atoms with Crippen LogP contribution in [0.25, 0.3) is 5.76 Å². The van der Waals surface area contributed by atoms with E-state index in [-0.39, 0.29) is 10.6 Å². The second-order valence-corrected chi connectivity index (χ2v) is 11.7. The molecule has 35 heavy (non-hydrogen) atoms. The smallest absolute Gasteiger partial charge is 0.194 e. The SMILES string of the molecule is C=C1OCc2c1ccc([C@@H](O)CN1CCC3(CC1)CN(c1cnc(S(C)(=O)=O)cn1)CCO3)c2C. The zero-order valence-electron chi connectivity index (χ0n) is 20.2. The van der Waals surface area contributed by atoms with Crippen molar-refractivity contribution in [1.82, 2.24) is 14.9 Å². The fourth-order valence-electron chi connectivity index (χ4n) is 5.31. The largest absolute Gasteiger partial charge is 0.489 e. The van der Waals surface area contributed by atoms with Crippen LogP contribution in [0.1, 0.15) is 41.2 Å². The summed E-state index contributed by atoms with van der Waals surface area (Å²) in [6, 6.07) is 3.99. The quantitative estimate of drug-likeness (QED) is 0.661. The van der Waals surface area contributed by atoms with Gasteiger partial charge in [0.15, 0.2) is 14.9 Å². The van der Waals surface area contributed by atoms with Gasteiger partial charge in [-0.25, -0.2) is 18.4 Å². The van der Waals surface area contributed by atoms with Gasteiger partial charge in [0, 0.05) is 50.1 Å². The molecule has 0 bridgehead atoms. The Hall–Kier alpha value is -2.53. The Kier molecular flexibility index (Phi) is 6.33. The van der Waals surface area contributed by atoms with Gasteiger partial charge in [-0.1, -0.05) is 18.7 Å². The number of sulfone groups is 1. The molecule has 2 aromatic rings. The lowest BCUT2D eigenvalue weighted by Gasteiger charge is -2.47. The topological polar surface area (TPSA) is 105 Å². The van der Waals surface area contributed by atoms with E-state index in [2.05, 4.69) is 26.3 Å². The molecule has 188 valence electrons. The molecule has 0 radical (unpaired) electrons. The predicted molar refractivity (Wildman–Crippen MR) is 132 cm³/mol. The summed E-state index contributed by atoms with van der Waals surface area (Å²) in [5, 5.41) is 11.0.